The number of esters is 1. The van der Waals surface area contributed by atoms with Gasteiger partial charge in [-0.05, 0) is 30.7 Å². The van der Waals surface area contributed by atoms with Crippen LogP contribution in [0.4, 0.5) is 26.3 Å². The summed E-state index contributed by atoms with van der Waals surface area (Å²) in [6, 6.07) is 0.924. The van der Waals surface area contributed by atoms with Gasteiger partial charge in [0.1, 0.15) is 5.75 Å². The Kier molecular flexibility index (Phi) is 5.68. The zero-order valence-corrected chi connectivity index (χ0v) is 12.0. The van der Waals surface area contributed by atoms with Crippen molar-refractivity contribution in [1.29, 1.82) is 0 Å². The van der Waals surface area contributed by atoms with Gasteiger partial charge in [0.25, 0.3) is 0 Å². The molecule has 128 valence electrons. The topological polar surface area (TPSA) is 35.5 Å². The van der Waals surface area contributed by atoms with E-state index in [2.05, 4.69) is 9.47 Å². The van der Waals surface area contributed by atoms with Gasteiger partial charge in [0.2, 0.25) is 0 Å². The van der Waals surface area contributed by atoms with E-state index in [0.717, 1.165) is 12.2 Å². The monoisotopic (exact) mass is 342 g/mol. The number of carbonyl (C=O) groups is 1. The van der Waals surface area contributed by atoms with Crippen LogP contribution in [0.5, 0.6) is 5.75 Å². The van der Waals surface area contributed by atoms with E-state index in [9.17, 15) is 31.1 Å². The Labute approximate surface area is 127 Å². The smallest absolute Gasteiger partial charge is 0.419 e. The number of hydrogen-bond acceptors (Lipinski definition) is 3. The minimum Gasteiger partial charge on any atom is -0.495 e. The molecule has 9 heteroatoms. The van der Waals surface area contributed by atoms with Crippen molar-refractivity contribution in [1.82, 2.24) is 0 Å². The summed E-state index contributed by atoms with van der Waals surface area (Å²) in [5.74, 6) is -2.20. The Morgan fingerprint density at radius 3 is 1.91 bits per heavy atom. The second kappa shape index (κ2) is 6.93. The number of alkyl halides is 6. The van der Waals surface area contributed by atoms with E-state index in [4.69, 9.17) is 0 Å². The summed E-state index contributed by atoms with van der Waals surface area (Å²) in [5.41, 5.74) is -3.63. The molecule has 1 aromatic carbocycles. The minimum atomic E-state index is -5.06. The standard InChI is InChI=1S/C14H12F6O3/c1-3-23-11(21)5-4-8-6-9(13(15,16)17)12(22-2)10(7-8)14(18,19)20/h4-7H,3H2,1-2H3/b5-4-. The third-order valence-electron chi connectivity index (χ3n) is 2.62. The molecule has 0 unspecified atom stereocenters. The van der Waals surface area contributed by atoms with E-state index in [0.29, 0.717) is 19.2 Å². The van der Waals surface area contributed by atoms with Crippen molar-refractivity contribution in [3.8, 4) is 5.75 Å². The number of halogens is 6. The average Bonchev–Trinajstić information content (AvgIpc) is 2.42. The van der Waals surface area contributed by atoms with Gasteiger partial charge in [0, 0.05) is 6.08 Å². The van der Waals surface area contributed by atoms with Crippen LogP contribution in [0.3, 0.4) is 0 Å². The highest BCUT2D eigenvalue weighted by atomic mass is 19.4. The normalized spacial score (nSPS) is 12.5. The van der Waals surface area contributed by atoms with Crippen LogP contribution < -0.4 is 4.74 Å². The van der Waals surface area contributed by atoms with E-state index in [1.165, 1.54) is 6.92 Å². The maximum absolute atomic E-state index is 12.9. The van der Waals surface area contributed by atoms with Gasteiger partial charge >= 0.3 is 18.3 Å². The highest BCUT2D eigenvalue weighted by molar-refractivity contribution is 5.87. The van der Waals surface area contributed by atoms with Crippen molar-refractivity contribution < 1.29 is 40.6 Å². The summed E-state index contributed by atoms with van der Waals surface area (Å²) in [6.45, 7) is 1.52. The Bertz CT molecular complexity index is 567. The number of hydrogen-bond donors (Lipinski definition) is 0. The second-order valence-corrected chi connectivity index (χ2v) is 4.23. The lowest BCUT2D eigenvalue weighted by Gasteiger charge is -2.18. The zero-order valence-electron chi connectivity index (χ0n) is 12.0. The number of carbonyl (C=O) groups excluding carboxylic acids is 1. The molecule has 0 radical (unpaired) electrons. The molecule has 0 spiro atoms. The highest BCUT2D eigenvalue weighted by Gasteiger charge is 2.42. The molecule has 23 heavy (non-hydrogen) atoms. The summed E-state index contributed by atoms with van der Waals surface area (Å²) >= 11 is 0. The third-order valence-corrected chi connectivity index (χ3v) is 2.62. The first-order chi connectivity index (χ1) is 10.5. The Morgan fingerprint density at radius 1 is 1.09 bits per heavy atom. The van der Waals surface area contributed by atoms with Crippen LogP contribution in [0.25, 0.3) is 6.08 Å². The van der Waals surface area contributed by atoms with Crippen LogP contribution in [-0.2, 0) is 21.9 Å². The molecule has 0 aliphatic rings. The van der Waals surface area contributed by atoms with Gasteiger partial charge in [-0.25, -0.2) is 4.79 Å². The molecule has 0 bridgehead atoms. The first-order valence-electron chi connectivity index (χ1n) is 6.22. The minimum absolute atomic E-state index is 0.0212. The van der Waals surface area contributed by atoms with Gasteiger partial charge in [0.05, 0.1) is 24.8 Å². The van der Waals surface area contributed by atoms with E-state index in [1.54, 1.807) is 0 Å². The van der Waals surface area contributed by atoms with E-state index >= 15 is 0 Å². The largest absolute Gasteiger partial charge is 0.495 e. The molecular weight excluding hydrogens is 330 g/mol. The van der Waals surface area contributed by atoms with Crippen LogP contribution in [0.15, 0.2) is 18.2 Å². The van der Waals surface area contributed by atoms with Crippen molar-refractivity contribution in [2.75, 3.05) is 13.7 Å². The molecule has 0 saturated heterocycles. The summed E-state index contributed by atoms with van der Waals surface area (Å²) < 4.78 is 86.4. The molecule has 0 fully saturated rings. The van der Waals surface area contributed by atoms with E-state index in [1.807, 2.05) is 0 Å². The second-order valence-electron chi connectivity index (χ2n) is 4.23. The zero-order chi connectivity index (χ0) is 17.8. The van der Waals surface area contributed by atoms with Crippen molar-refractivity contribution in [3.63, 3.8) is 0 Å². The predicted octanol–water partition coefficient (Wildman–Crippen LogP) is 4.31. The quantitative estimate of drug-likeness (QED) is 0.465. The first kappa shape index (κ1) is 18.9. The fourth-order valence-electron chi connectivity index (χ4n) is 1.74. The van der Waals surface area contributed by atoms with Gasteiger partial charge in [0.15, 0.2) is 0 Å². The summed E-state index contributed by atoms with van der Waals surface area (Å²) in [4.78, 5) is 11.1. The molecule has 0 amide bonds. The summed E-state index contributed by atoms with van der Waals surface area (Å²) in [6.07, 6.45) is -8.56. The van der Waals surface area contributed by atoms with Crippen LogP contribution in [0.1, 0.15) is 23.6 Å². The summed E-state index contributed by atoms with van der Waals surface area (Å²) in [7, 11) is 0.716. The lowest BCUT2D eigenvalue weighted by atomic mass is 10.0. The van der Waals surface area contributed by atoms with Crippen molar-refractivity contribution >= 4 is 12.0 Å². The fourth-order valence-corrected chi connectivity index (χ4v) is 1.74. The van der Waals surface area contributed by atoms with Gasteiger partial charge < -0.3 is 9.47 Å². The first-order valence-corrected chi connectivity index (χ1v) is 6.22. The van der Waals surface area contributed by atoms with Crippen LogP contribution in [0, 0.1) is 0 Å². The Morgan fingerprint density at radius 2 is 1.57 bits per heavy atom. The van der Waals surface area contributed by atoms with E-state index < -0.39 is 40.8 Å². The number of rotatable bonds is 4. The molecule has 3 nitrogen and oxygen atoms in total. The highest BCUT2D eigenvalue weighted by Crippen LogP contribution is 2.44. The molecule has 0 aromatic heterocycles. The number of ether oxygens (including phenoxy) is 2. The van der Waals surface area contributed by atoms with Gasteiger partial charge in [-0.1, -0.05) is 0 Å². The lowest BCUT2D eigenvalue weighted by molar-refractivity contribution is -0.145. The van der Waals surface area contributed by atoms with Crippen LogP contribution in [-0.4, -0.2) is 19.7 Å². The molecule has 0 aliphatic heterocycles. The van der Waals surface area contributed by atoms with E-state index in [-0.39, 0.29) is 6.61 Å². The third kappa shape index (κ3) is 4.90. The van der Waals surface area contributed by atoms with Gasteiger partial charge in [-0.15, -0.1) is 0 Å². The number of methoxy groups -OCH3 is 1. The Balaban J connectivity index is 3.48. The number of benzene rings is 1. The summed E-state index contributed by atoms with van der Waals surface area (Å²) in [5, 5.41) is 0. The molecule has 0 N–H and O–H groups in total. The van der Waals surface area contributed by atoms with Gasteiger partial charge in [-0.3, -0.25) is 0 Å². The molecule has 0 atom stereocenters. The molecular formula is C14H12F6O3. The molecule has 0 aliphatic carbocycles. The SMILES string of the molecule is CCOC(=O)/C=C\c1cc(C(F)(F)F)c(OC)c(C(F)(F)F)c1. The average molecular weight is 342 g/mol. The fraction of sp³-hybridized carbons (Fsp3) is 0.357. The van der Waals surface area contributed by atoms with Crippen molar-refractivity contribution in [3.05, 3.63) is 34.9 Å². The van der Waals surface area contributed by atoms with Gasteiger partial charge in [-0.2, -0.15) is 26.3 Å². The molecule has 1 aromatic rings. The van der Waals surface area contributed by atoms with Crippen LogP contribution >= 0.6 is 0 Å². The Hall–Kier alpha value is -2.19. The molecule has 0 saturated carbocycles. The maximum Gasteiger partial charge on any atom is 0.419 e. The van der Waals surface area contributed by atoms with Crippen molar-refractivity contribution in [2.24, 2.45) is 0 Å². The lowest BCUT2D eigenvalue weighted by Crippen LogP contribution is -2.14. The maximum atomic E-state index is 12.9. The van der Waals surface area contributed by atoms with Crippen molar-refractivity contribution in [2.45, 2.75) is 19.3 Å². The molecule has 1 rings (SSSR count). The van der Waals surface area contributed by atoms with Crippen LogP contribution in [0.2, 0.25) is 0 Å². The molecule has 0 heterocycles. The predicted molar refractivity (Wildman–Crippen MR) is 68.7 cm³/mol.